The van der Waals surface area contributed by atoms with E-state index in [0.717, 1.165) is 6.08 Å². The zero-order chi connectivity index (χ0) is 21.7. The summed E-state index contributed by atoms with van der Waals surface area (Å²) in [5.74, 6) is -0.673. The number of nitrogens with zero attached hydrogens (tertiary/aromatic N) is 1. The molecule has 0 saturated heterocycles. The van der Waals surface area contributed by atoms with Crippen molar-refractivity contribution < 1.29 is 27.8 Å². The fourth-order valence-corrected chi connectivity index (χ4v) is 3.84. The van der Waals surface area contributed by atoms with Crippen LogP contribution in [0.4, 0.5) is 5.69 Å². The quantitative estimate of drug-likeness (QED) is 0.340. The molecule has 0 unspecified atom stereocenters. The minimum absolute atomic E-state index is 0.0467. The second kappa shape index (κ2) is 8.66. The number of aromatic nitrogens is 1. The molecule has 0 radical (unpaired) electrons. The van der Waals surface area contributed by atoms with Gasteiger partial charge in [0.2, 0.25) is 0 Å². The Kier molecular flexibility index (Phi) is 6.03. The number of anilines is 1. The van der Waals surface area contributed by atoms with Crippen molar-refractivity contribution in [1.29, 1.82) is 0 Å². The van der Waals surface area contributed by atoms with Gasteiger partial charge in [0.15, 0.2) is 12.4 Å². The maximum Gasteiger partial charge on any atom is 0.328 e. The maximum absolute atomic E-state index is 12.7. The highest BCUT2D eigenvalue weighted by Gasteiger charge is 2.16. The predicted octanol–water partition coefficient (Wildman–Crippen LogP) is 2.65. The standard InChI is InChI=1S/C21H18N2O6S/c1-29-18-7-9-19(10-8-18)30(27,28)22-17-6-2-4-15(12-17)20(13-21(24)25)16-5-3-11-23(26)14-16/h2-14,22H,1H3,(H,24,25)/b20-13+. The Morgan fingerprint density at radius 2 is 1.80 bits per heavy atom. The van der Waals surface area contributed by atoms with Crippen LogP contribution in [0.25, 0.3) is 5.57 Å². The number of carboxylic acid groups (broad SMARTS) is 1. The maximum atomic E-state index is 12.7. The highest BCUT2D eigenvalue weighted by Crippen LogP contribution is 2.26. The van der Waals surface area contributed by atoms with Crippen molar-refractivity contribution in [3.8, 4) is 5.75 Å². The molecule has 154 valence electrons. The molecule has 0 saturated carbocycles. The number of carboxylic acids is 1. The molecule has 2 N–H and O–H groups in total. The van der Waals surface area contributed by atoms with Crippen molar-refractivity contribution in [2.24, 2.45) is 0 Å². The zero-order valence-corrected chi connectivity index (χ0v) is 16.7. The third kappa shape index (κ3) is 4.95. The van der Waals surface area contributed by atoms with Crippen molar-refractivity contribution in [3.05, 3.63) is 95.5 Å². The molecule has 0 atom stereocenters. The van der Waals surface area contributed by atoms with Crippen LogP contribution in [0.5, 0.6) is 5.75 Å². The molecule has 8 nitrogen and oxygen atoms in total. The van der Waals surface area contributed by atoms with E-state index in [1.54, 1.807) is 24.3 Å². The van der Waals surface area contributed by atoms with Gasteiger partial charge in [-0.2, -0.15) is 4.73 Å². The molecule has 0 bridgehead atoms. The molecule has 3 aromatic rings. The number of benzene rings is 2. The van der Waals surface area contributed by atoms with E-state index in [4.69, 9.17) is 4.74 Å². The molecule has 9 heteroatoms. The first kappa shape index (κ1) is 20.9. The predicted molar refractivity (Wildman–Crippen MR) is 110 cm³/mol. The van der Waals surface area contributed by atoms with Crippen molar-refractivity contribution >= 4 is 27.3 Å². The second-order valence-electron chi connectivity index (χ2n) is 6.21. The molecule has 2 aromatic carbocycles. The average Bonchev–Trinajstić information content (AvgIpc) is 2.72. The fraction of sp³-hybridized carbons (Fsp3) is 0.0476. The van der Waals surface area contributed by atoms with E-state index in [-0.39, 0.29) is 16.2 Å². The minimum atomic E-state index is -3.87. The number of methoxy groups -OCH3 is 1. The van der Waals surface area contributed by atoms with Gasteiger partial charge in [0.05, 0.1) is 12.0 Å². The summed E-state index contributed by atoms with van der Waals surface area (Å²) in [6.07, 6.45) is 3.48. The van der Waals surface area contributed by atoms with Crippen LogP contribution in [0, 0.1) is 5.21 Å². The average molecular weight is 426 g/mol. The van der Waals surface area contributed by atoms with Crippen LogP contribution in [0.1, 0.15) is 11.1 Å². The Bertz CT molecular complexity index is 1200. The van der Waals surface area contributed by atoms with Gasteiger partial charge in [0.1, 0.15) is 5.75 Å². The Morgan fingerprint density at radius 3 is 2.43 bits per heavy atom. The van der Waals surface area contributed by atoms with Crippen LogP contribution >= 0.6 is 0 Å². The molecule has 30 heavy (non-hydrogen) atoms. The van der Waals surface area contributed by atoms with E-state index >= 15 is 0 Å². The van der Waals surface area contributed by atoms with Crippen molar-refractivity contribution in [2.45, 2.75) is 4.90 Å². The van der Waals surface area contributed by atoms with Gasteiger partial charge in [-0.15, -0.1) is 0 Å². The number of pyridine rings is 1. The van der Waals surface area contributed by atoms with E-state index in [1.807, 2.05) is 0 Å². The summed E-state index contributed by atoms with van der Waals surface area (Å²) >= 11 is 0. The van der Waals surface area contributed by atoms with Gasteiger partial charge in [-0.05, 0) is 48.0 Å². The number of hydrogen-bond donors (Lipinski definition) is 2. The van der Waals surface area contributed by atoms with Gasteiger partial charge in [0, 0.05) is 29.0 Å². The lowest BCUT2D eigenvalue weighted by Crippen LogP contribution is -2.24. The molecule has 0 aliphatic heterocycles. The summed E-state index contributed by atoms with van der Waals surface area (Å²) in [6.45, 7) is 0. The first-order valence-electron chi connectivity index (χ1n) is 8.69. The summed E-state index contributed by atoms with van der Waals surface area (Å²) in [5, 5.41) is 20.9. The highest BCUT2D eigenvalue weighted by atomic mass is 32.2. The van der Waals surface area contributed by atoms with Crippen LogP contribution in [-0.2, 0) is 14.8 Å². The lowest BCUT2D eigenvalue weighted by Gasteiger charge is -2.12. The van der Waals surface area contributed by atoms with E-state index in [9.17, 15) is 23.5 Å². The number of nitrogens with one attached hydrogen (secondary N) is 1. The van der Waals surface area contributed by atoms with E-state index in [0.29, 0.717) is 21.6 Å². The molecule has 0 aliphatic carbocycles. The smallest absolute Gasteiger partial charge is 0.328 e. The third-order valence-electron chi connectivity index (χ3n) is 4.15. The summed E-state index contributed by atoms with van der Waals surface area (Å²) in [6, 6.07) is 15.2. The number of ether oxygens (including phenoxy) is 1. The molecule has 0 amide bonds. The number of rotatable bonds is 7. The molecule has 3 rings (SSSR count). The van der Waals surface area contributed by atoms with Crippen LogP contribution in [-0.4, -0.2) is 26.6 Å². The minimum Gasteiger partial charge on any atom is -0.619 e. The van der Waals surface area contributed by atoms with E-state index in [1.165, 1.54) is 55.9 Å². The normalized spacial score (nSPS) is 11.7. The van der Waals surface area contributed by atoms with Crippen molar-refractivity contribution in [2.75, 3.05) is 11.8 Å². The Hall–Kier alpha value is -3.85. The summed E-state index contributed by atoms with van der Waals surface area (Å²) in [4.78, 5) is 11.4. The van der Waals surface area contributed by atoms with Crippen LogP contribution < -0.4 is 14.2 Å². The molecular formula is C21H18N2O6S. The molecule has 0 fully saturated rings. The molecular weight excluding hydrogens is 408 g/mol. The first-order chi connectivity index (χ1) is 14.3. The van der Waals surface area contributed by atoms with E-state index in [2.05, 4.69) is 4.72 Å². The molecule has 1 aromatic heterocycles. The van der Waals surface area contributed by atoms with Gasteiger partial charge in [-0.25, -0.2) is 13.2 Å². The Balaban J connectivity index is 1.96. The number of aliphatic carboxylic acids is 1. The molecule has 1 heterocycles. The SMILES string of the molecule is COc1ccc(S(=O)(=O)Nc2cccc(/C(=C\C(=O)O)c3ccc[n+]([O-])c3)c2)cc1. The summed E-state index contributed by atoms with van der Waals surface area (Å²) < 4.78 is 33.4. The van der Waals surface area contributed by atoms with Gasteiger partial charge in [-0.3, -0.25) is 4.72 Å². The second-order valence-corrected chi connectivity index (χ2v) is 7.89. The monoisotopic (exact) mass is 426 g/mol. The van der Waals surface area contributed by atoms with Crippen LogP contribution in [0.15, 0.2) is 84.0 Å². The van der Waals surface area contributed by atoms with Crippen molar-refractivity contribution in [3.63, 3.8) is 0 Å². The summed E-state index contributed by atoms with van der Waals surface area (Å²) in [5.41, 5.74) is 1.31. The first-order valence-corrected chi connectivity index (χ1v) is 10.2. The number of hydrogen-bond acceptors (Lipinski definition) is 5. The molecule has 0 aliphatic rings. The largest absolute Gasteiger partial charge is 0.619 e. The van der Waals surface area contributed by atoms with Gasteiger partial charge >= 0.3 is 5.97 Å². The van der Waals surface area contributed by atoms with E-state index < -0.39 is 16.0 Å². The molecule has 0 spiro atoms. The Morgan fingerprint density at radius 1 is 1.10 bits per heavy atom. The van der Waals surface area contributed by atoms with Crippen LogP contribution in [0.2, 0.25) is 0 Å². The van der Waals surface area contributed by atoms with Gasteiger partial charge in [0.25, 0.3) is 10.0 Å². The lowest BCUT2D eigenvalue weighted by molar-refractivity contribution is -0.605. The third-order valence-corrected chi connectivity index (χ3v) is 5.55. The fourth-order valence-electron chi connectivity index (χ4n) is 2.79. The number of sulfonamides is 1. The van der Waals surface area contributed by atoms with Crippen molar-refractivity contribution in [1.82, 2.24) is 0 Å². The van der Waals surface area contributed by atoms with Gasteiger partial charge < -0.3 is 15.1 Å². The zero-order valence-electron chi connectivity index (χ0n) is 15.8. The summed E-state index contributed by atoms with van der Waals surface area (Å²) in [7, 11) is -2.39. The highest BCUT2D eigenvalue weighted by molar-refractivity contribution is 7.92. The number of carbonyl (C=O) groups is 1. The Labute approximate surface area is 173 Å². The topological polar surface area (TPSA) is 120 Å². The van der Waals surface area contributed by atoms with Gasteiger partial charge in [-0.1, -0.05) is 12.1 Å². The lowest BCUT2D eigenvalue weighted by atomic mass is 9.98. The van der Waals surface area contributed by atoms with Crippen LogP contribution in [0.3, 0.4) is 0 Å².